The third kappa shape index (κ3) is 2.79. The average Bonchev–Trinajstić information content (AvgIpc) is 2.90. The molecule has 0 spiro atoms. The van der Waals surface area contributed by atoms with E-state index >= 15 is 0 Å². The molecule has 0 N–H and O–H groups in total. The van der Waals surface area contributed by atoms with Gasteiger partial charge in [-0.3, -0.25) is 0 Å². The molecule has 4 nitrogen and oxygen atoms in total. The zero-order valence-electron chi connectivity index (χ0n) is 11.7. The lowest BCUT2D eigenvalue weighted by Gasteiger charge is -2.10. The summed E-state index contributed by atoms with van der Waals surface area (Å²) in [5.74, 6) is 0.134. The van der Waals surface area contributed by atoms with Crippen LogP contribution in [-0.2, 0) is 16.1 Å². The van der Waals surface area contributed by atoms with Crippen LogP contribution in [-0.4, -0.2) is 18.8 Å². The van der Waals surface area contributed by atoms with Crippen molar-refractivity contribution < 1.29 is 14.4 Å². The molecule has 1 unspecified atom stereocenters. The van der Waals surface area contributed by atoms with Gasteiger partial charge in [0.2, 0.25) is 0 Å². The molecule has 1 aliphatic rings. The Bertz CT molecular complexity index is 662. The predicted octanol–water partition coefficient (Wildman–Crippen LogP) is 2.82. The monoisotopic (exact) mass is 281 g/mol. The highest BCUT2D eigenvalue weighted by atomic mass is 16.7. The van der Waals surface area contributed by atoms with Gasteiger partial charge in [-0.25, -0.2) is 4.79 Å². The highest BCUT2D eigenvalue weighted by Crippen LogP contribution is 2.23. The molecule has 0 bridgehead atoms. The number of benzene rings is 2. The number of carbonyl (C=O) groups is 1. The van der Waals surface area contributed by atoms with E-state index in [1.807, 2.05) is 54.6 Å². The molecule has 106 valence electrons. The number of ether oxygens (including phenoxy) is 1. The van der Waals surface area contributed by atoms with Crippen LogP contribution in [0.1, 0.15) is 11.1 Å². The summed E-state index contributed by atoms with van der Waals surface area (Å²) in [5.41, 5.74) is 2.65. The molecule has 0 aliphatic carbocycles. The van der Waals surface area contributed by atoms with Crippen LogP contribution >= 0.6 is 0 Å². The molecule has 3 rings (SSSR count). The third-order valence-corrected chi connectivity index (χ3v) is 3.52. The summed E-state index contributed by atoms with van der Waals surface area (Å²) in [4.78, 5) is 16.8. The minimum absolute atomic E-state index is 0.301. The number of methoxy groups -OCH3 is 1. The van der Waals surface area contributed by atoms with Crippen molar-refractivity contribution in [1.82, 2.24) is 0 Å². The van der Waals surface area contributed by atoms with E-state index < -0.39 is 0 Å². The van der Waals surface area contributed by atoms with Gasteiger partial charge in [-0.15, -0.1) is 0 Å². The molecule has 2 aromatic carbocycles. The number of nitrogens with zero attached hydrogens (tertiary/aromatic N) is 1. The van der Waals surface area contributed by atoms with Crippen molar-refractivity contribution in [3.05, 3.63) is 65.7 Å². The van der Waals surface area contributed by atoms with E-state index in [1.54, 1.807) is 7.11 Å². The van der Waals surface area contributed by atoms with Crippen LogP contribution in [0.15, 0.2) is 59.8 Å². The molecular weight excluding hydrogens is 266 g/mol. The van der Waals surface area contributed by atoms with Gasteiger partial charge in [-0.2, -0.15) is 0 Å². The van der Waals surface area contributed by atoms with Crippen LogP contribution < -0.4 is 4.74 Å². The van der Waals surface area contributed by atoms with Crippen LogP contribution in [0.2, 0.25) is 0 Å². The summed E-state index contributed by atoms with van der Waals surface area (Å²) in [5, 5.41) is 3.94. The van der Waals surface area contributed by atoms with E-state index in [0.29, 0.717) is 12.1 Å². The largest absolute Gasteiger partial charge is 0.497 e. The van der Waals surface area contributed by atoms with E-state index in [0.717, 1.165) is 16.9 Å². The van der Waals surface area contributed by atoms with Gasteiger partial charge < -0.3 is 9.57 Å². The summed E-state index contributed by atoms with van der Waals surface area (Å²) < 4.78 is 5.14. The molecular formula is C17H15NO3. The Kier molecular flexibility index (Phi) is 3.69. The van der Waals surface area contributed by atoms with Gasteiger partial charge in [0.05, 0.1) is 7.11 Å². The second-order valence-electron chi connectivity index (χ2n) is 4.86. The first-order valence-corrected chi connectivity index (χ1v) is 6.75. The molecule has 0 saturated carbocycles. The van der Waals surface area contributed by atoms with Crippen LogP contribution in [0.3, 0.4) is 0 Å². The molecule has 0 aromatic heterocycles. The molecule has 1 atom stereocenters. The zero-order chi connectivity index (χ0) is 14.7. The SMILES string of the molecule is COc1ccc(CC2C(=O)ON=C2c2ccccc2)cc1. The Labute approximate surface area is 123 Å². The summed E-state index contributed by atoms with van der Waals surface area (Å²) >= 11 is 0. The van der Waals surface area contributed by atoms with E-state index in [1.165, 1.54) is 0 Å². The number of carbonyl (C=O) groups excluding carboxylic acids is 1. The fourth-order valence-electron chi connectivity index (χ4n) is 2.37. The van der Waals surface area contributed by atoms with E-state index in [2.05, 4.69) is 5.16 Å². The van der Waals surface area contributed by atoms with Crippen LogP contribution in [0, 0.1) is 5.92 Å². The molecule has 0 fully saturated rings. The van der Waals surface area contributed by atoms with Crippen molar-refractivity contribution in [2.24, 2.45) is 11.1 Å². The second-order valence-corrected chi connectivity index (χ2v) is 4.86. The first-order valence-electron chi connectivity index (χ1n) is 6.75. The summed E-state index contributed by atoms with van der Waals surface area (Å²) in [6.07, 6.45) is 0.566. The lowest BCUT2D eigenvalue weighted by Crippen LogP contribution is -2.21. The maximum absolute atomic E-state index is 11.9. The van der Waals surface area contributed by atoms with Crippen molar-refractivity contribution in [1.29, 1.82) is 0 Å². The maximum atomic E-state index is 11.9. The van der Waals surface area contributed by atoms with Gasteiger partial charge >= 0.3 is 5.97 Å². The number of oxime groups is 1. The van der Waals surface area contributed by atoms with Crippen LogP contribution in [0.5, 0.6) is 5.75 Å². The van der Waals surface area contributed by atoms with Gasteiger partial charge in [0, 0.05) is 5.56 Å². The van der Waals surface area contributed by atoms with Gasteiger partial charge in [-0.05, 0) is 24.1 Å². The van der Waals surface area contributed by atoms with Gasteiger partial charge in [0.1, 0.15) is 17.4 Å². The minimum atomic E-state index is -0.360. The molecule has 2 aromatic rings. The first kappa shape index (κ1) is 13.4. The van der Waals surface area contributed by atoms with Crippen molar-refractivity contribution in [3.63, 3.8) is 0 Å². The Morgan fingerprint density at radius 1 is 1.10 bits per heavy atom. The lowest BCUT2D eigenvalue weighted by atomic mass is 9.91. The number of hydrogen-bond acceptors (Lipinski definition) is 4. The molecule has 4 heteroatoms. The second kappa shape index (κ2) is 5.79. The average molecular weight is 281 g/mol. The highest BCUT2D eigenvalue weighted by molar-refractivity contribution is 6.14. The first-order chi connectivity index (χ1) is 10.3. The van der Waals surface area contributed by atoms with Crippen molar-refractivity contribution in [3.8, 4) is 5.75 Å². The van der Waals surface area contributed by atoms with Crippen LogP contribution in [0.4, 0.5) is 0 Å². The fraction of sp³-hybridized carbons (Fsp3) is 0.176. The summed E-state index contributed by atoms with van der Waals surface area (Å²) in [7, 11) is 1.63. The highest BCUT2D eigenvalue weighted by Gasteiger charge is 2.33. The molecule has 1 aliphatic heterocycles. The third-order valence-electron chi connectivity index (χ3n) is 3.52. The Balaban J connectivity index is 1.82. The van der Waals surface area contributed by atoms with Crippen LogP contribution in [0.25, 0.3) is 0 Å². The minimum Gasteiger partial charge on any atom is -0.497 e. The standard InChI is InChI=1S/C17H15NO3/c1-20-14-9-7-12(8-10-14)11-15-16(18-21-17(15)19)13-5-3-2-4-6-13/h2-10,15H,11H2,1H3. The Morgan fingerprint density at radius 3 is 2.48 bits per heavy atom. The zero-order valence-corrected chi connectivity index (χ0v) is 11.7. The quantitative estimate of drug-likeness (QED) is 0.810. The van der Waals surface area contributed by atoms with Gasteiger partial charge in [0.15, 0.2) is 0 Å². The summed E-state index contributed by atoms with van der Waals surface area (Å²) in [6.45, 7) is 0. The molecule has 0 radical (unpaired) electrons. The molecule has 0 saturated heterocycles. The van der Waals surface area contributed by atoms with Crippen molar-refractivity contribution >= 4 is 11.7 Å². The predicted molar refractivity (Wildman–Crippen MR) is 79.3 cm³/mol. The number of hydrogen-bond donors (Lipinski definition) is 0. The smallest absolute Gasteiger partial charge is 0.344 e. The molecule has 21 heavy (non-hydrogen) atoms. The molecule has 1 heterocycles. The van der Waals surface area contributed by atoms with Crippen molar-refractivity contribution in [2.45, 2.75) is 6.42 Å². The summed E-state index contributed by atoms with van der Waals surface area (Å²) in [6, 6.07) is 17.3. The van der Waals surface area contributed by atoms with Crippen molar-refractivity contribution in [2.75, 3.05) is 7.11 Å². The maximum Gasteiger partial charge on any atom is 0.344 e. The fourth-order valence-corrected chi connectivity index (χ4v) is 2.37. The van der Waals surface area contributed by atoms with E-state index in [9.17, 15) is 4.79 Å². The Morgan fingerprint density at radius 2 is 1.81 bits per heavy atom. The topological polar surface area (TPSA) is 47.9 Å². The Hall–Kier alpha value is -2.62. The lowest BCUT2D eigenvalue weighted by molar-refractivity contribution is -0.143. The van der Waals surface area contributed by atoms with E-state index in [-0.39, 0.29) is 11.9 Å². The van der Waals surface area contributed by atoms with E-state index in [4.69, 9.17) is 9.57 Å². The van der Waals surface area contributed by atoms with Gasteiger partial charge in [-0.1, -0.05) is 47.6 Å². The van der Waals surface area contributed by atoms with Gasteiger partial charge in [0.25, 0.3) is 0 Å². The normalized spacial score (nSPS) is 17.3. The number of rotatable bonds is 4. The molecule has 0 amide bonds.